The third-order valence-corrected chi connectivity index (χ3v) is 6.32. The largest absolute Gasteiger partial charge is 0.493 e. The lowest BCUT2D eigenvalue weighted by atomic mass is 10.00. The number of para-hydroxylation sites is 1. The monoisotopic (exact) mass is 428 g/mol. The number of rotatable bonds is 4. The number of fused-ring (bicyclic) bond motifs is 5. The van der Waals surface area contributed by atoms with Crippen molar-refractivity contribution in [3.63, 3.8) is 0 Å². The molecule has 2 heterocycles. The summed E-state index contributed by atoms with van der Waals surface area (Å²) in [6.07, 6.45) is -0.555. The van der Waals surface area contributed by atoms with Crippen molar-refractivity contribution in [2.45, 2.75) is 26.6 Å². The molecule has 2 amide bonds. The smallest absolute Gasteiger partial charge is 0.264 e. The van der Waals surface area contributed by atoms with Gasteiger partial charge in [-0.3, -0.25) is 14.5 Å². The van der Waals surface area contributed by atoms with Gasteiger partial charge in [-0.15, -0.1) is 0 Å². The van der Waals surface area contributed by atoms with Crippen molar-refractivity contribution >= 4 is 17.5 Å². The molecule has 0 spiro atoms. The Morgan fingerprint density at radius 2 is 1.69 bits per heavy atom. The molecule has 1 unspecified atom stereocenters. The van der Waals surface area contributed by atoms with Crippen LogP contribution in [0.4, 0.5) is 5.69 Å². The van der Waals surface area contributed by atoms with E-state index in [1.807, 2.05) is 44.2 Å². The first-order chi connectivity index (χ1) is 15.5. The van der Waals surface area contributed by atoms with Crippen molar-refractivity contribution in [1.82, 2.24) is 4.90 Å². The number of ether oxygens (including phenoxy) is 2. The summed E-state index contributed by atoms with van der Waals surface area (Å²) in [7, 11) is 3.07. The molecular weight excluding hydrogens is 404 g/mol. The number of aryl methyl sites for hydroxylation is 2. The van der Waals surface area contributed by atoms with Crippen LogP contribution in [0.15, 0.2) is 54.6 Å². The SMILES string of the molecule is COc1ccc2c(c1OC)C(=O)N1c3ccccc3C(=O)N(Cc3ccc(C)cc3C)C21. The number of amides is 2. The van der Waals surface area contributed by atoms with Crippen molar-refractivity contribution in [2.24, 2.45) is 0 Å². The average molecular weight is 428 g/mol. The van der Waals surface area contributed by atoms with E-state index in [-0.39, 0.29) is 11.8 Å². The number of anilines is 1. The summed E-state index contributed by atoms with van der Waals surface area (Å²) < 4.78 is 11.0. The molecule has 3 aromatic rings. The molecule has 2 aliphatic heterocycles. The van der Waals surface area contributed by atoms with Crippen molar-refractivity contribution in [2.75, 3.05) is 19.1 Å². The van der Waals surface area contributed by atoms with Gasteiger partial charge < -0.3 is 14.4 Å². The van der Waals surface area contributed by atoms with Gasteiger partial charge in [0.2, 0.25) is 0 Å². The second-order valence-corrected chi connectivity index (χ2v) is 8.19. The topological polar surface area (TPSA) is 59.1 Å². The molecule has 0 fully saturated rings. The van der Waals surface area contributed by atoms with Crippen molar-refractivity contribution < 1.29 is 19.1 Å². The maximum absolute atomic E-state index is 13.7. The quantitative estimate of drug-likeness (QED) is 0.608. The summed E-state index contributed by atoms with van der Waals surface area (Å²) in [6, 6.07) is 17.1. The number of hydrogen-bond acceptors (Lipinski definition) is 4. The van der Waals surface area contributed by atoms with Crippen molar-refractivity contribution in [3.8, 4) is 11.5 Å². The summed E-state index contributed by atoms with van der Waals surface area (Å²) in [4.78, 5) is 30.9. The van der Waals surface area contributed by atoms with Crippen LogP contribution in [0.25, 0.3) is 0 Å². The Balaban J connectivity index is 1.71. The molecule has 6 heteroatoms. The Morgan fingerprint density at radius 3 is 2.41 bits per heavy atom. The average Bonchev–Trinajstić information content (AvgIpc) is 3.10. The molecule has 1 atom stereocenters. The Bertz CT molecular complexity index is 1270. The van der Waals surface area contributed by atoms with E-state index in [1.165, 1.54) is 12.7 Å². The first-order valence-electron chi connectivity index (χ1n) is 10.5. The molecule has 5 rings (SSSR count). The Hall–Kier alpha value is -3.80. The highest BCUT2D eigenvalue weighted by Crippen LogP contribution is 2.50. The van der Waals surface area contributed by atoms with Crippen LogP contribution in [0.2, 0.25) is 0 Å². The number of benzene rings is 3. The van der Waals surface area contributed by atoms with Crippen LogP contribution in [0.5, 0.6) is 11.5 Å². The van der Waals surface area contributed by atoms with Gasteiger partial charge >= 0.3 is 0 Å². The lowest BCUT2D eigenvalue weighted by Gasteiger charge is -2.41. The van der Waals surface area contributed by atoms with E-state index >= 15 is 0 Å². The maximum atomic E-state index is 13.7. The number of hydrogen-bond donors (Lipinski definition) is 0. The first-order valence-corrected chi connectivity index (χ1v) is 10.5. The van der Waals surface area contributed by atoms with E-state index in [0.29, 0.717) is 34.9 Å². The molecule has 0 N–H and O–H groups in total. The standard InChI is InChI=1S/C26H24N2O4/c1-15-9-10-17(16(2)13-15)14-27-24-19-11-12-21(31-3)23(32-4)22(19)26(30)28(24)20-8-6-5-7-18(20)25(27)29/h5-13,24H,14H2,1-4H3. The predicted octanol–water partition coefficient (Wildman–Crippen LogP) is 4.64. The van der Waals surface area contributed by atoms with Crippen LogP contribution in [0.1, 0.15) is 49.1 Å². The van der Waals surface area contributed by atoms with Gasteiger partial charge in [0.25, 0.3) is 11.8 Å². The van der Waals surface area contributed by atoms with Crippen LogP contribution in [-0.4, -0.2) is 30.9 Å². The predicted molar refractivity (Wildman–Crippen MR) is 121 cm³/mol. The minimum Gasteiger partial charge on any atom is -0.493 e. The highest BCUT2D eigenvalue weighted by molar-refractivity contribution is 6.18. The molecule has 0 saturated carbocycles. The summed E-state index contributed by atoms with van der Waals surface area (Å²) in [5.74, 6) is 0.573. The van der Waals surface area contributed by atoms with Gasteiger partial charge in [0, 0.05) is 12.1 Å². The Kier molecular flexibility index (Phi) is 4.66. The second-order valence-electron chi connectivity index (χ2n) is 8.19. The molecule has 0 aliphatic carbocycles. The minimum absolute atomic E-state index is 0.0998. The zero-order valence-electron chi connectivity index (χ0n) is 18.5. The van der Waals surface area contributed by atoms with Crippen LogP contribution in [-0.2, 0) is 6.54 Å². The Morgan fingerprint density at radius 1 is 0.906 bits per heavy atom. The van der Waals surface area contributed by atoms with E-state index in [9.17, 15) is 9.59 Å². The van der Waals surface area contributed by atoms with Gasteiger partial charge in [0.05, 0.1) is 31.0 Å². The highest BCUT2D eigenvalue weighted by atomic mass is 16.5. The Labute approximate surface area is 187 Å². The second kappa shape index (κ2) is 7.41. The summed E-state index contributed by atoms with van der Waals surface area (Å²) in [5, 5.41) is 0. The highest BCUT2D eigenvalue weighted by Gasteiger charge is 2.49. The number of methoxy groups -OCH3 is 2. The fourth-order valence-corrected chi connectivity index (χ4v) is 4.79. The van der Waals surface area contributed by atoms with Crippen LogP contribution >= 0.6 is 0 Å². The lowest BCUT2D eigenvalue weighted by molar-refractivity contribution is 0.0629. The molecule has 32 heavy (non-hydrogen) atoms. The number of carbonyl (C=O) groups is 2. The molecule has 0 saturated heterocycles. The van der Waals surface area contributed by atoms with Crippen molar-refractivity contribution in [1.29, 1.82) is 0 Å². The van der Waals surface area contributed by atoms with E-state index in [1.54, 1.807) is 29.0 Å². The van der Waals surface area contributed by atoms with Gasteiger partial charge in [-0.05, 0) is 43.2 Å². The summed E-state index contributed by atoms with van der Waals surface area (Å²) >= 11 is 0. The maximum Gasteiger partial charge on any atom is 0.264 e. The zero-order chi connectivity index (χ0) is 22.6. The molecule has 2 aliphatic rings. The molecular formula is C26H24N2O4. The third-order valence-electron chi connectivity index (χ3n) is 6.32. The molecule has 3 aromatic carbocycles. The molecule has 0 bridgehead atoms. The summed E-state index contributed by atoms with van der Waals surface area (Å²) in [6.45, 7) is 4.48. The van der Waals surface area contributed by atoms with Gasteiger partial charge in [-0.25, -0.2) is 0 Å². The van der Waals surface area contributed by atoms with E-state index in [2.05, 4.69) is 12.1 Å². The summed E-state index contributed by atoms with van der Waals surface area (Å²) in [5.41, 5.74) is 5.63. The van der Waals surface area contributed by atoms with E-state index in [4.69, 9.17) is 9.47 Å². The number of carbonyl (C=O) groups excluding carboxylic acids is 2. The van der Waals surface area contributed by atoms with Gasteiger partial charge in [0.15, 0.2) is 11.5 Å². The zero-order valence-corrected chi connectivity index (χ0v) is 18.5. The number of nitrogens with zero attached hydrogens (tertiary/aromatic N) is 2. The lowest BCUT2D eigenvalue weighted by Crippen LogP contribution is -2.47. The van der Waals surface area contributed by atoms with Crippen LogP contribution < -0.4 is 14.4 Å². The van der Waals surface area contributed by atoms with E-state index in [0.717, 1.165) is 16.7 Å². The molecule has 6 nitrogen and oxygen atoms in total. The fourth-order valence-electron chi connectivity index (χ4n) is 4.79. The third kappa shape index (κ3) is 2.79. The first kappa shape index (κ1) is 20.1. The molecule has 0 radical (unpaired) electrons. The minimum atomic E-state index is -0.555. The molecule has 0 aromatic heterocycles. The van der Waals surface area contributed by atoms with E-state index < -0.39 is 6.17 Å². The molecule has 162 valence electrons. The normalized spacial score (nSPS) is 16.6. The van der Waals surface area contributed by atoms with Crippen LogP contribution in [0.3, 0.4) is 0 Å². The van der Waals surface area contributed by atoms with Crippen LogP contribution in [0, 0.1) is 13.8 Å². The van der Waals surface area contributed by atoms with Gasteiger partial charge in [-0.1, -0.05) is 42.0 Å². The van der Waals surface area contributed by atoms with Gasteiger partial charge in [-0.2, -0.15) is 0 Å². The van der Waals surface area contributed by atoms with Crippen molar-refractivity contribution in [3.05, 3.63) is 88.0 Å². The fraction of sp³-hybridized carbons (Fsp3) is 0.231. The van der Waals surface area contributed by atoms with Gasteiger partial charge in [0.1, 0.15) is 6.17 Å².